The fourth-order valence-corrected chi connectivity index (χ4v) is 1.37. The zero-order chi connectivity index (χ0) is 9.68. The lowest BCUT2D eigenvalue weighted by Gasteiger charge is -2.26. The molecule has 1 heterocycles. The third kappa shape index (κ3) is 4.05. The van der Waals surface area contributed by atoms with Crippen LogP contribution in [0.1, 0.15) is 6.92 Å². The number of carboxylic acid groups (broad SMARTS) is 1. The zero-order valence-electron chi connectivity index (χ0n) is 7.82. The van der Waals surface area contributed by atoms with Gasteiger partial charge in [0.05, 0.1) is 13.2 Å². The molecule has 0 spiro atoms. The van der Waals surface area contributed by atoms with E-state index in [2.05, 4.69) is 4.90 Å². The fraction of sp³-hybridized carbons (Fsp3) is 0.667. The molecule has 1 fully saturated rings. The lowest BCUT2D eigenvalue weighted by atomic mass is 10.2. The van der Waals surface area contributed by atoms with Gasteiger partial charge >= 0.3 is 5.97 Å². The highest BCUT2D eigenvalue weighted by molar-refractivity contribution is 5.80. The molecule has 0 aromatic heterocycles. The summed E-state index contributed by atoms with van der Waals surface area (Å²) in [6.07, 6.45) is 1.26. The van der Waals surface area contributed by atoms with Gasteiger partial charge in [-0.3, -0.25) is 4.90 Å². The monoisotopic (exact) mass is 185 g/mol. The number of morpholine rings is 1. The minimum Gasteiger partial charge on any atom is -0.478 e. The Balaban J connectivity index is 2.33. The van der Waals surface area contributed by atoms with E-state index in [1.165, 1.54) is 6.08 Å². The molecule has 1 saturated heterocycles. The van der Waals surface area contributed by atoms with Gasteiger partial charge < -0.3 is 9.84 Å². The Bertz CT molecular complexity index is 207. The van der Waals surface area contributed by atoms with Gasteiger partial charge in [-0.2, -0.15) is 0 Å². The second-order valence-corrected chi connectivity index (χ2v) is 3.22. The number of ether oxygens (including phenoxy) is 1. The molecule has 1 aliphatic rings. The Morgan fingerprint density at radius 3 is 2.69 bits per heavy atom. The molecule has 0 radical (unpaired) electrons. The number of nitrogens with zero attached hydrogens (tertiary/aromatic N) is 1. The highest BCUT2D eigenvalue weighted by Crippen LogP contribution is 2.01. The predicted octanol–water partition coefficient (Wildman–Crippen LogP) is 0.350. The van der Waals surface area contributed by atoms with Crippen LogP contribution in [0.5, 0.6) is 0 Å². The number of hydrogen-bond acceptors (Lipinski definition) is 3. The summed E-state index contributed by atoms with van der Waals surface area (Å²) in [6.45, 7) is 5.86. The van der Waals surface area contributed by atoms with E-state index in [9.17, 15) is 4.79 Å². The van der Waals surface area contributed by atoms with E-state index >= 15 is 0 Å². The molecule has 1 N–H and O–H groups in total. The third-order valence-corrected chi connectivity index (χ3v) is 1.95. The van der Waals surface area contributed by atoms with Gasteiger partial charge in [0.1, 0.15) is 0 Å². The molecular formula is C9H15NO3. The quantitative estimate of drug-likeness (QED) is 0.644. The largest absolute Gasteiger partial charge is 0.478 e. The molecular weight excluding hydrogens is 170 g/mol. The van der Waals surface area contributed by atoms with Crippen LogP contribution in [0.4, 0.5) is 0 Å². The number of carbonyl (C=O) groups is 1. The van der Waals surface area contributed by atoms with E-state index in [1.807, 2.05) is 6.92 Å². The number of rotatable bonds is 3. The molecule has 0 aromatic rings. The third-order valence-electron chi connectivity index (χ3n) is 1.95. The zero-order valence-corrected chi connectivity index (χ0v) is 7.82. The molecule has 0 atom stereocenters. The summed E-state index contributed by atoms with van der Waals surface area (Å²) in [5, 5.41) is 8.49. The van der Waals surface area contributed by atoms with Gasteiger partial charge in [-0.1, -0.05) is 5.57 Å². The molecule has 0 saturated carbocycles. The lowest BCUT2D eigenvalue weighted by Crippen LogP contribution is -2.37. The maximum absolute atomic E-state index is 10.3. The van der Waals surface area contributed by atoms with Gasteiger partial charge in [0, 0.05) is 25.7 Å². The predicted molar refractivity (Wildman–Crippen MR) is 48.7 cm³/mol. The average Bonchev–Trinajstić information content (AvgIpc) is 2.04. The molecule has 0 aliphatic carbocycles. The Kier molecular flexibility index (Phi) is 3.92. The van der Waals surface area contributed by atoms with E-state index in [-0.39, 0.29) is 0 Å². The van der Waals surface area contributed by atoms with Crippen molar-refractivity contribution >= 4 is 5.97 Å². The number of carboxylic acids is 1. The molecule has 4 nitrogen and oxygen atoms in total. The second-order valence-electron chi connectivity index (χ2n) is 3.22. The van der Waals surface area contributed by atoms with Crippen LogP contribution in [0.15, 0.2) is 11.6 Å². The second kappa shape index (κ2) is 4.99. The smallest absolute Gasteiger partial charge is 0.328 e. The van der Waals surface area contributed by atoms with Gasteiger partial charge in [-0.25, -0.2) is 4.79 Å². The van der Waals surface area contributed by atoms with E-state index in [4.69, 9.17) is 9.84 Å². The van der Waals surface area contributed by atoms with Crippen LogP contribution >= 0.6 is 0 Å². The maximum Gasteiger partial charge on any atom is 0.328 e. The van der Waals surface area contributed by atoms with Gasteiger partial charge in [0.25, 0.3) is 0 Å². The van der Waals surface area contributed by atoms with Crippen LogP contribution in [-0.4, -0.2) is 48.8 Å². The van der Waals surface area contributed by atoms with Crippen molar-refractivity contribution < 1.29 is 14.6 Å². The SMILES string of the molecule is C/C(=C\C(=O)O)CN1CCOCC1. The molecule has 0 bridgehead atoms. The van der Waals surface area contributed by atoms with Crippen molar-refractivity contribution in [3.05, 3.63) is 11.6 Å². The van der Waals surface area contributed by atoms with E-state index in [1.54, 1.807) is 0 Å². The summed E-state index contributed by atoms with van der Waals surface area (Å²) in [4.78, 5) is 12.5. The summed E-state index contributed by atoms with van der Waals surface area (Å²) in [5.41, 5.74) is 0.884. The van der Waals surface area contributed by atoms with Crippen LogP contribution in [0, 0.1) is 0 Å². The van der Waals surface area contributed by atoms with Crippen molar-refractivity contribution in [2.24, 2.45) is 0 Å². The van der Waals surface area contributed by atoms with Crippen LogP contribution in [-0.2, 0) is 9.53 Å². The summed E-state index contributed by atoms with van der Waals surface area (Å²) in [6, 6.07) is 0. The van der Waals surface area contributed by atoms with E-state index in [0.29, 0.717) is 0 Å². The molecule has 1 aliphatic heterocycles. The van der Waals surface area contributed by atoms with E-state index < -0.39 is 5.97 Å². The first kappa shape index (κ1) is 10.2. The molecule has 0 aromatic carbocycles. The highest BCUT2D eigenvalue weighted by atomic mass is 16.5. The average molecular weight is 185 g/mol. The van der Waals surface area contributed by atoms with Gasteiger partial charge in [-0.15, -0.1) is 0 Å². The first-order valence-corrected chi connectivity index (χ1v) is 4.38. The molecule has 13 heavy (non-hydrogen) atoms. The Morgan fingerprint density at radius 2 is 2.15 bits per heavy atom. The molecule has 74 valence electrons. The highest BCUT2D eigenvalue weighted by Gasteiger charge is 2.10. The van der Waals surface area contributed by atoms with Gasteiger partial charge in [-0.05, 0) is 6.92 Å². The standard InChI is InChI=1S/C9H15NO3/c1-8(6-9(11)12)7-10-2-4-13-5-3-10/h6H,2-5,7H2,1H3,(H,11,12)/b8-6+. The van der Waals surface area contributed by atoms with Crippen LogP contribution in [0.2, 0.25) is 0 Å². The summed E-state index contributed by atoms with van der Waals surface area (Å²) >= 11 is 0. The first-order valence-electron chi connectivity index (χ1n) is 4.38. The fourth-order valence-electron chi connectivity index (χ4n) is 1.37. The molecule has 1 rings (SSSR count). The minimum absolute atomic E-state index is 0.732. The number of aliphatic carboxylic acids is 1. The summed E-state index contributed by atoms with van der Waals surface area (Å²) in [5.74, 6) is -0.870. The van der Waals surface area contributed by atoms with Crippen molar-refractivity contribution in [3.63, 3.8) is 0 Å². The van der Waals surface area contributed by atoms with Crippen LogP contribution < -0.4 is 0 Å². The van der Waals surface area contributed by atoms with E-state index in [0.717, 1.165) is 38.4 Å². The van der Waals surface area contributed by atoms with Gasteiger partial charge in [0.15, 0.2) is 0 Å². The Labute approximate surface area is 77.8 Å². The van der Waals surface area contributed by atoms with Crippen LogP contribution in [0.25, 0.3) is 0 Å². The maximum atomic E-state index is 10.3. The topological polar surface area (TPSA) is 49.8 Å². The summed E-state index contributed by atoms with van der Waals surface area (Å²) < 4.78 is 5.18. The Hall–Kier alpha value is -0.870. The summed E-state index contributed by atoms with van der Waals surface area (Å²) in [7, 11) is 0. The number of hydrogen-bond donors (Lipinski definition) is 1. The molecule has 4 heteroatoms. The normalized spacial score (nSPS) is 20.2. The van der Waals surface area contributed by atoms with Crippen molar-refractivity contribution in [2.45, 2.75) is 6.92 Å². The van der Waals surface area contributed by atoms with Crippen molar-refractivity contribution in [1.82, 2.24) is 4.90 Å². The van der Waals surface area contributed by atoms with Crippen molar-refractivity contribution in [3.8, 4) is 0 Å². The van der Waals surface area contributed by atoms with Gasteiger partial charge in [0.2, 0.25) is 0 Å². The minimum atomic E-state index is -0.870. The molecule has 0 amide bonds. The first-order chi connectivity index (χ1) is 6.18. The van der Waals surface area contributed by atoms with Crippen molar-refractivity contribution in [1.29, 1.82) is 0 Å². The Morgan fingerprint density at radius 1 is 1.54 bits per heavy atom. The van der Waals surface area contributed by atoms with Crippen molar-refractivity contribution in [2.75, 3.05) is 32.8 Å². The lowest BCUT2D eigenvalue weighted by molar-refractivity contribution is -0.131. The molecule has 0 unspecified atom stereocenters. The van der Waals surface area contributed by atoms with Crippen LogP contribution in [0.3, 0.4) is 0 Å².